The van der Waals surface area contributed by atoms with Crippen LogP contribution in [0.4, 0.5) is 22.4 Å². The molecular weight excluding hydrogens is 364 g/mol. The molecule has 0 heterocycles. The minimum Gasteiger partial charge on any atom is -0.444 e. The number of amides is 1. The first-order valence-electron chi connectivity index (χ1n) is 9.74. The van der Waals surface area contributed by atoms with Crippen molar-refractivity contribution in [2.75, 3.05) is 13.1 Å². The maximum absolute atomic E-state index is 12.9. The van der Waals surface area contributed by atoms with Gasteiger partial charge in [0.2, 0.25) is 11.8 Å². The molecule has 1 amide bonds. The van der Waals surface area contributed by atoms with E-state index in [0.29, 0.717) is 44.7 Å². The van der Waals surface area contributed by atoms with Crippen molar-refractivity contribution < 1.29 is 27.1 Å². The molecule has 2 fully saturated rings. The van der Waals surface area contributed by atoms with E-state index in [2.05, 4.69) is 5.32 Å². The van der Waals surface area contributed by atoms with Crippen molar-refractivity contribution in [3.8, 4) is 0 Å². The summed E-state index contributed by atoms with van der Waals surface area (Å²) in [6.45, 7) is 6.34. The molecule has 2 aliphatic carbocycles. The fraction of sp³-hybridized carbons (Fsp3) is 0.947. The van der Waals surface area contributed by atoms with Crippen LogP contribution in [0.2, 0.25) is 0 Å². The Morgan fingerprint density at radius 2 is 1.37 bits per heavy atom. The smallest absolute Gasteiger partial charge is 0.407 e. The number of halogens is 4. The van der Waals surface area contributed by atoms with Gasteiger partial charge in [0, 0.05) is 32.2 Å². The van der Waals surface area contributed by atoms with Crippen molar-refractivity contribution in [3.63, 3.8) is 0 Å². The molecule has 0 spiro atoms. The number of alkyl carbamates (subject to hydrolysis) is 1. The highest BCUT2D eigenvalue weighted by Gasteiger charge is 2.35. The molecule has 0 saturated heterocycles. The number of carbonyl (C=O) groups is 1. The van der Waals surface area contributed by atoms with Crippen LogP contribution in [0, 0.1) is 11.8 Å². The lowest BCUT2D eigenvalue weighted by molar-refractivity contribution is -0.0458. The first-order chi connectivity index (χ1) is 12.3. The van der Waals surface area contributed by atoms with E-state index in [1.54, 1.807) is 20.8 Å². The van der Waals surface area contributed by atoms with E-state index in [1.807, 2.05) is 0 Å². The van der Waals surface area contributed by atoms with Gasteiger partial charge in [-0.3, -0.25) is 0 Å². The molecule has 2 saturated carbocycles. The second-order valence-electron chi connectivity index (χ2n) is 8.72. The predicted octanol–water partition coefficient (Wildman–Crippen LogP) is 5.11. The van der Waals surface area contributed by atoms with Gasteiger partial charge in [0.1, 0.15) is 5.60 Å². The minimum atomic E-state index is -2.51. The number of ether oxygens (including phenoxy) is 1. The molecule has 160 valence electrons. The van der Waals surface area contributed by atoms with Gasteiger partial charge < -0.3 is 15.8 Å². The van der Waals surface area contributed by atoms with Gasteiger partial charge >= 0.3 is 6.09 Å². The summed E-state index contributed by atoms with van der Waals surface area (Å²) in [5, 5.41) is 2.63. The van der Waals surface area contributed by atoms with Gasteiger partial charge in [-0.1, -0.05) is 0 Å². The topological polar surface area (TPSA) is 64.3 Å². The third-order valence-corrected chi connectivity index (χ3v) is 4.94. The fourth-order valence-corrected chi connectivity index (χ4v) is 3.18. The summed E-state index contributed by atoms with van der Waals surface area (Å²) in [5.74, 6) is -4.42. The van der Waals surface area contributed by atoms with Crippen molar-refractivity contribution >= 4 is 6.09 Å². The lowest BCUT2D eigenvalue weighted by atomic mass is 9.87. The van der Waals surface area contributed by atoms with E-state index >= 15 is 0 Å². The van der Waals surface area contributed by atoms with Crippen molar-refractivity contribution in [1.29, 1.82) is 0 Å². The molecule has 2 aliphatic rings. The van der Waals surface area contributed by atoms with Gasteiger partial charge in [0.05, 0.1) is 0 Å². The highest BCUT2D eigenvalue weighted by molar-refractivity contribution is 5.67. The molecule has 0 radical (unpaired) electrons. The standard InChI is InChI=1S/C12H21F2NO2.C7H13F2N/c1-11(2,3)17-10(16)15-8-9-4-6-12(13,14)7-5-9;8-7(9)3-1-6(5-10)2-4-7/h9H,4-8H2,1-3H3,(H,15,16);6H,1-5,10H2. The minimum absolute atomic E-state index is 0.0366. The summed E-state index contributed by atoms with van der Waals surface area (Å²) in [7, 11) is 0. The van der Waals surface area contributed by atoms with Crippen LogP contribution in [0.1, 0.15) is 72.1 Å². The summed E-state index contributed by atoms with van der Waals surface area (Å²) < 4.78 is 55.8. The average molecular weight is 398 g/mol. The van der Waals surface area contributed by atoms with E-state index < -0.39 is 23.5 Å². The van der Waals surface area contributed by atoms with Gasteiger partial charge in [-0.05, 0) is 64.8 Å². The van der Waals surface area contributed by atoms with E-state index in [1.165, 1.54) is 0 Å². The van der Waals surface area contributed by atoms with Crippen molar-refractivity contribution in [2.45, 2.75) is 89.6 Å². The summed E-state index contributed by atoms with van der Waals surface area (Å²) in [6, 6.07) is 0. The Labute approximate surface area is 159 Å². The van der Waals surface area contributed by atoms with Crippen LogP contribution in [-0.4, -0.2) is 36.6 Å². The Hall–Kier alpha value is -1.05. The fourth-order valence-electron chi connectivity index (χ4n) is 3.18. The maximum Gasteiger partial charge on any atom is 0.407 e. The van der Waals surface area contributed by atoms with Crippen molar-refractivity contribution in [3.05, 3.63) is 0 Å². The molecule has 2 rings (SSSR count). The summed E-state index contributed by atoms with van der Waals surface area (Å²) in [6.07, 6.45) is 1.57. The Morgan fingerprint density at radius 1 is 0.963 bits per heavy atom. The Morgan fingerprint density at radius 3 is 1.74 bits per heavy atom. The summed E-state index contributed by atoms with van der Waals surface area (Å²) in [4.78, 5) is 11.3. The second kappa shape index (κ2) is 9.94. The second-order valence-corrected chi connectivity index (χ2v) is 8.72. The summed E-state index contributed by atoms with van der Waals surface area (Å²) >= 11 is 0. The number of carbonyl (C=O) groups excluding carboxylic acids is 1. The van der Waals surface area contributed by atoms with Crippen LogP contribution >= 0.6 is 0 Å². The number of hydrogen-bond donors (Lipinski definition) is 2. The van der Waals surface area contributed by atoms with Crippen LogP contribution < -0.4 is 11.1 Å². The molecule has 0 atom stereocenters. The van der Waals surface area contributed by atoms with Crippen molar-refractivity contribution in [1.82, 2.24) is 5.32 Å². The number of alkyl halides is 4. The van der Waals surface area contributed by atoms with Crippen LogP contribution in [0.25, 0.3) is 0 Å². The molecular formula is C19H34F4N2O2. The van der Waals surface area contributed by atoms with Gasteiger partial charge in [0.25, 0.3) is 0 Å². The Kier molecular flexibility index (Phi) is 8.83. The third kappa shape index (κ3) is 10.8. The third-order valence-electron chi connectivity index (χ3n) is 4.94. The SMILES string of the molecule is CC(C)(C)OC(=O)NCC1CCC(F)(F)CC1.NCC1CCC(F)(F)CC1. The van der Waals surface area contributed by atoms with Gasteiger partial charge in [0.15, 0.2) is 0 Å². The molecule has 4 nitrogen and oxygen atoms in total. The number of nitrogens with one attached hydrogen (secondary N) is 1. The molecule has 0 aromatic carbocycles. The van der Waals surface area contributed by atoms with Crippen LogP contribution in [0.5, 0.6) is 0 Å². The maximum atomic E-state index is 12.9. The average Bonchev–Trinajstić information content (AvgIpc) is 2.53. The lowest BCUT2D eigenvalue weighted by Crippen LogP contribution is -2.37. The zero-order valence-corrected chi connectivity index (χ0v) is 16.6. The highest BCUT2D eigenvalue weighted by atomic mass is 19.3. The van der Waals surface area contributed by atoms with E-state index in [0.717, 1.165) is 0 Å². The molecule has 3 N–H and O–H groups in total. The molecule has 0 aromatic rings. The van der Waals surface area contributed by atoms with E-state index in [-0.39, 0.29) is 31.6 Å². The first-order valence-corrected chi connectivity index (χ1v) is 9.74. The molecule has 8 heteroatoms. The first kappa shape index (κ1) is 24.0. The summed E-state index contributed by atoms with van der Waals surface area (Å²) in [5.41, 5.74) is 4.82. The molecule has 27 heavy (non-hydrogen) atoms. The molecule has 0 unspecified atom stereocenters. The van der Waals surface area contributed by atoms with Gasteiger partial charge in [-0.25, -0.2) is 22.4 Å². The van der Waals surface area contributed by atoms with E-state index in [4.69, 9.17) is 10.5 Å². The largest absolute Gasteiger partial charge is 0.444 e. The zero-order chi connectivity index (χ0) is 20.7. The van der Waals surface area contributed by atoms with Crippen LogP contribution in [-0.2, 0) is 4.74 Å². The lowest BCUT2D eigenvalue weighted by Gasteiger charge is -2.28. The Bertz CT molecular complexity index is 447. The highest BCUT2D eigenvalue weighted by Crippen LogP contribution is 2.36. The van der Waals surface area contributed by atoms with Gasteiger partial charge in [-0.15, -0.1) is 0 Å². The van der Waals surface area contributed by atoms with Crippen LogP contribution in [0.3, 0.4) is 0 Å². The Balaban J connectivity index is 0.000000309. The monoisotopic (exact) mass is 398 g/mol. The van der Waals surface area contributed by atoms with Crippen molar-refractivity contribution in [2.24, 2.45) is 17.6 Å². The number of rotatable bonds is 3. The molecule has 0 bridgehead atoms. The number of hydrogen-bond acceptors (Lipinski definition) is 3. The molecule has 0 aromatic heterocycles. The number of nitrogens with two attached hydrogens (primary N) is 1. The zero-order valence-electron chi connectivity index (χ0n) is 16.6. The van der Waals surface area contributed by atoms with Gasteiger partial charge in [-0.2, -0.15) is 0 Å². The quantitative estimate of drug-likeness (QED) is 0.650. The van der Waals surface area contributed by atoms with Crippen LogP contribution in [0.15, 0.2) is 0 Å². The predicted molar refractivity (Wildman–Crippen MR) is 97.1 cm³/mol. The normalized spacial score (nSPS) is 23.1. The molecule has 0 aliphatic heterocycles. The van der Waals surface area contributed by atoms with E-state index in [9.17, 15) is 22.4 Å².